The number of amides is 1. The van der Waals surface area contributed by atoms with Crippen LogP contribution < -0.4 is 5.32 Å². The Morgan fingerprint density at radius 1 is 1.53 bits per heavy atom. The Hall–Kier alpha value is -1.30. The van der Waals surface area contributed by atoms with Crippen molar-refractivity contribution in [2.75, 3.05) is 6.61 Å². The molecular formula is C10H14N2O4S. The fourth-order valence-corrected chi connectivity index (χ4v) is 1.79. The summed E-state index contributed by atoms with van der Waals surface area (Å²) in [6, 6.07) is -0.527. The van der Waals surface area contributed by atoms with E-state index in [1.807, 2.05) is 0 Å². The highest BCUT2D eigenvalue weighted by Crippen LogP contribution is 2.19. The molecule has 1 fully saturated rings. The smallest absolute Gasteiger partial charge is 0.302 e. The van der Waals surface area contributed by atoms with Crippen LogP contribution in [0.4, 0.5) is 0 Å². The van der Waals surface area contributed by atoms with Crippen LogP contribution in [0.2, 0.25) is 0 Å². The summed E-state index contributed by atoms with van der Waals surface area (Å²) >= 11 is 4.51. The summed E-state index contributed by atoms with van der Waals surface area (Å²) in [6.07, 6.45) is -0.606. The summed E-state index contributed by atoms with van der Waals surface area (Å²) in [7, 11) is 0. The Labute approximate surface area is 104 Å². The number of hydrogen-bond donors (Lipinski definition) is 1. The van der Waals surface area contributed by atoms with Crippen molar-refractivity contribution < 1.29 is 19.1 Å². The van der Waals surface area contributed by atoms with Crippen LogP contribution in [0.1, 0.15) is 20.3 Å². The molecule has 0 unspecified atom stereocenters. The average molecular weight is 258 g/mol. The molecule has 0 aromatic heterocycles. The molecule has 3 atom stereocenters. The molecule has 0 spiro atoms. The quantitative estimate of drug-likeness (QED) is 0.447. The minimum Gasteiger partial charge on any atom is -0.460 e. The van der Waals surface area contributed by atoms with Crippen LogP contribution in [0, 0.1) is 0 Å². The van der Waals surface area contributed by atoms with Crippen LogP contribution in [-0.2, 0) is 19.1 Å². The van der Waals surface area contributed by atoms with E-state index in [4.69, 9.17) is 9.47 Å². The second-order valence-corrected chi connectivity index (χ2v) is 3.83. The first-order valence-corrected chi connectivity index (χ1v) is 5.58. The molecule has 1 rings (SSSR count). The lowest BCUT2D eigenvalue weighted by molar-refractivity contribution is -0.158. The molecule has 6 nitrogen and oxygen atoms in total. The zero-order valence-electron chi connectivity index (χ0n) is 9.63. The maximum Gasteiger partial charge on any atom is 0.302 e. The molecule has 0 aliphatic carbocycles. The van der Waals surface area contributed by atoms with Gasteiger partial charge >= 0.3 is 5.97 Å². The van der Waals surface area contributed by atoms with Crippen molar-refractivity contribution in [1.29, 1.82) is 0 Å². The van der Waals surface area contributed by atoms with E-state index in [1.54, 1.807) is 0 Å². The van der Waals surface area contributed by atoms with E-state index < -0.39 is 24.3 Å². The van der Waals surface area contributed by atoms with E-state index >= 15 is 0 Å². The van der Waals surface area contributed by atoms with Gasteiger partial charge in [-0.3, -0.25) is 9.59 Å². The van der Waals surface area contributed by atoms with E-state index in [2.05, 4.69) is 27.7 Å². The largest absolute Gasteiger partial charge is 0.460 e. The molecule has 0 radical (unpaired) electrons. The highest BCUT2D eigenvalue weighted by atomic mass is 32.1. The molecule has 0 bridgehead atoms. The van der Waals surface area contributed by atoms with Crippen LogP contribution in [0.15, 0.2) is 4.99 Å². The molecule has 0 saturated carbocycles. The maximum absolute atomic E-state index is 11.1. The van der Waals surface area contributed by atoms with E-state index in [0.717, 1.165) is 0 Å². The zero-order chi connectivity index (χ0) is 12.8. The Morgan fingerprint density at radius 3 is 2.76 bits per heavy atom. The molecule has 94 valence electrons. The molecule has 1 saturated heterocycles. The number of thiocarbonyl (C=S) groups is 1. The van der Waals surface area contributed by atoms with Gasteiger partial charge in [0.05, 0.1) is 11.8 Å². The lowest BCUT2D eigenvalue weighted by Crippen LogP contribution is -2.55. The number of carbonyl (C=O) groups excluding carboxylic acids is 2. The molecule has 1 aliphatic heterocycles. The van der Waals surface area contributed by atoms with Crippen molar-refractivity contribution in [3.63, 3.8) is 0 Å². The molecule has 17 heavy (non-hydrogen) atoms. The van der Waals surface area contributed by atoms with E-state index in [-0.39, 0.29) is 5.91 Å². The second-order valence-electron chi connectivity index (χ2n) is 3.64. The van der Waals surface area contributed by atoms with Crippen LogP contribution in [-0.4, -0.2) is 42.0 Å². The van der Waals surface area contributed by atoms with Crippen molar-refractivity contribution in [1.82, 2.24) is 5.32 Å². The van der Waals surface area contributed by atoms with Gasteiger partial charge in [-0.2, -0.15) is 4.99 Å². The van der Waals surface area contributed by atoms with Gasteiger partial charge in [-0.1, -0.05) is 0 Å². The number of carbonyl (C=O) groups is 2. The Morgan fingerprint density at radius 2 is 2.24 bits per heavy atom. The van der Waals surface area contributed by atoms with Crippen molar-refractivity contribution in [2.24, 2.45) is 4.99 Å². The van der Waals surface area contributed by atoms with Crippen molar-refractivity contribution in [3.8, 4) is 0 Å². The van der Waals surface area contributed by atoms with Gasteiger partial charge < -0.3 is 14.8 Å². The zero-order valence-corrected chi connectivity index (χ0v) is 10.5. The molecule has 1 heterocycles. The molecule has 0 aromatic rings. The highest BCUT2D eigenvalue weighted by Gasteiger charge is 2.36. The molecule has 7 heteroatoms. The lowest BCUT2D eigenvalue weighted by Gasteiger charge is -2.35. The summed E-state index contributed by atoms with van der Waals surface area (Å²) in [6.45, 7) is 3.08. The molecular weight excluding hydrogens is 244 g/mol. The topological polar surface area (TPSA) is 77.0 Å². The van der Waals surface area contributed by atoms with E-state index in [1.165, 1.54) is 13.8 Å². The third-order valence-corrected chi connectivity index (χ3v) is 2.37. The number of rotatable bonds is 3. The molecule has 1 N–H and O–H groups in total. The average Bonchev–Trinajstić information content (AvgIpc) is 2.21. The molecule has 0 aromatic carbocycles. The molecule has 1 aliphatic rings. The van der Waals surface area contributed by atoms with Gasteiger partial charge in [0.1, 0.15) is 12.1 Å². The third-order valence-electron chi connectivity index (χ3n) is 2.27. The maximum atomic E-state index is 11.1. The van der Waals surface area contributed by atoms with Crippen molar-refractivity contribution in [3.05, 3.63) is 0 Å². The number of aliphatic imine (C=N–C) groups is 1. The normalized spacial score (nSPS) is 27.8. The minimum atomic E-state index is -0.658. The van der Waals surface area contributed by atoms with Crippen LogP contribution in [0.25, 0.3) is 0 Å². The van der Waals surface area contributed by atoms with Gasteiger partial charge in [0.15, 0.2) is 6.23 Å². The Kier molecular flexibility index (Phi) is 5.21. The summed E-state index contributed by atoms with van der Waals surface area (Å²) in [5.74, 6) is -0.653. The number of hydrogen-bond acceptors (Lipinski definition) is 6. The summed E-state index contributed by atoms with van der Waals surface area (Å²) in [4.78, 5) is 25.9. The number of ether oxygens (including phenoxy) is 2. The van der Waals surface area contributed by atoms with Gasteiger partial charge in [0.2, 0.25) is 5.91 Å². The summed E-state index contributed by atoms with van der Waals surface area (Å²) in [5.41, 5.74) is 0. The summed E-state index contributed by atoms with van der Waals surface area (Å²) < 4.78 is 10.5. The SMILES string of the molecule is CC(=O)N[C@@H]1[C@@H](OC(C)=O)CCO[C@H]1N=C=S. The first-order valence-electron chi connectivity index (χ1n) is 5.17. The number of esters is 1. The van der Waals surface area contributed by atoms with Gasteiger partial charge in [-0.25, -0.2) is 0 Å². The fraction of sp³-hybridized carbons (Fsp3) is 0.700. The van der Waals surface area contributed by atoms with Gasteiger partial charge in [0.25, 0.3) is 0 Å². The van der Waals surface area contributed by atoms with Crippen molar-refractivity contribution in [2.45, 2.75) is 38.6 Å². The fourth-order valence-electron chi connectivity index (χ4n) is 1.69. The third kappa shape index (κ3) is 4.22. The van der Waals surface area contributed by atoms with E-state index in [0.29, 0.717) is 13.0 Å². The van der Waals surface area contributed by atoms with E-state index in [9.17, 15) is 9.59 Å². The predicted molar refractivity (Wildman–Crippen MR) is 62.5 cm³/mol. The standard InChI is InChI=1S/C10H14N2O4S/c1-6(13)12-9-8(16-7(2)14)3-4-15-10(9)11-5-17/h8-10H,3-4H2,1-2H3,(H,12,13)/t8-,9+,10+/m0/s1. The van der Waals surface area contributed by atoms with Crippen LogP contribution in [0.3, 0.4) is 0 Å². The minimum absolute atomic E-state index is 0.248. The van der Waals surface area contributed by atoms with Gasteiger partial charge in [0, 0.05) is 20.3 Å². The summed E-state index contributed by atoms with van der Waals surface area (Å²) in [5, 5.41) is 4.86. The highest BCUT2D eigenvalue weighted by molar-refractivity contribution is 7.78. The predicted octanol–water partition coefficient (Wildman–Crippen LogP) is 0.272. The lowest BCUT2D eigenvalue weighted by atomic mass is 10.0. The number of nitrogens with one attached hydrogen (secondary N) is 1. The number of isothiocyanates is 1. The molecule has 1 amide bonds. The van der Waals surface area contributed by atoms with Crippen molar-refractivity contribution >= 4 is 29.3 Å². The number of nitrogens with zero attached hydrogens (tertiary/aromatic N) is 1. The second kappa shape index (κ2) is 6.44. The van der Waals surface area contributed by atoms with Gasteiger partial charge in [-0.15, -0.1) is 0 Å². The first-order chi connectivity index (χ1) is 8.04. The first kappa shape index (κ1) is 13.8. The van der Waals surface area contributed by atoms with Gasteiger partial charge in [-0.05, 0) is 12.2 Å². The Balaban J connectivity index is 2.81. The monoisotopic (exact) mass is 258 g/mol. The van der Waals surface area contributed by atoms with Crippen LogP contribution in [0.5, 0.6) is 0 Å². The van der Waals surface area contributed by atoms with Crippen LogP contribution >= 0.6 is 12.2 Å². The Bertz CT molecular complexity index is 354.